The molecule has 0 heterocycles. The SMILES string of the molecule is Cc1cccc(CN(C(=O)COC(C)C)C2CC2)c1. The first-order valence-electron chi connectivity index (χ1n) is 7.03. The quantitative estimate of drug-likeness (QED) is 0.788. The third kappa shape index (κ3) is 4.35. The van der Waals surface area contributed by atoms with Crippen LogP contribution in [-0.4, -0.2) is 29.6 Å². The molecular weight excluding hydrogens is 238 g/mol. The van der Waals surface area contributed by atoms with Gasteiger partial charge in [-0.3, -0.25) is 4.79 Å². The highest BCUT2D eigenvalue weighted by Gasteiger charge is 2.32. The molecule has 0 radical (unpaired) electrons. The molecule has 3 heteroatoms. The Hall–Kier alpha value is -1.35. The van der Waals surface area contributed by atoms with Gasteiger partial charge in [-0.1, -0.05) is 29.8 Å². The van der Waals surface area contributed by atoms with E-state index in [1.165, 1.54) is 11.1 Å². The van der Waals surface area contributed by atoms with Crippen molar-refractivity contribution in [3.63, 3.8) is 0 Å². The molecule has 1 aliphatic carbocycles. The van der Waals surface area contributed by atoms with Crippen molar-refractivity contribution in [1.29, 1.82) is 0 Å². The second-order valence-corrected chi connectivity index (χ2v) is 5.60. The molecule has 104 valence electrons. The number of amides is 1. The molecule has 0 aliphatic heterocycles. The largest absolute Gasteiger partial charge is 0.369 e. The Morgan fingerprint density at radius 3 is 2.74 bits per heavy atom. The number of hydrogen-bond acceptors (Lipinski definition) is 2. The molecule has 1 aliphatic rings. The molecule has 0 unspecified atom stereocenters. The fourth-order valence-corrected chi connectivity index (χ4v) is 2.14. The molecule has 0 N–H and O–H groups in total. The maximum atomic E-state index is 12.2. The molecule has 0 aromatic heterocycles. The van der Waals surface area contributed by atoms with E-state index >= 15 is 0 Å². The van der Waals surface area contributed by atoms with Crippen LogP contribution in [0.3, 0.4) is 0 Å². The Morgan fingerprint density at radius 1 is 1.42 bits per heavy atom. The predicted molar refractivity (Wildman–Crippen MR) is 75.8 cm³/mol. The lowest BCUT2D eigenvalue weighted by molar-refractivity contribution is -0.138. The summed E-state index contributed by atoms with van der Waals surface area (Å²) in [5.41, 5.74) is 2.43. The lowest BCUT2D eigenvalue weighted by Crippen LogP contribution is -2.36. The van der Waals surface area contributed by atoms with Gasteiger partial charge in [0.2, 0.25) is 5.91 Å². The molecular formula is C16H23NO2. The zero-order valence-electron chi connectivity index (χ0n) is 12.1. The molecule has 1 aromatic rings. The van der Waals surface area contributed by atoms with E-state index in [4.69, 9.17) is 4.74 Å². The summed E-state index contributed by atoms with van der Waals surface area (Å²) in [7, 11) is 0. The van der Waals surface area contributed by atoms with E-state index in [9.17, 15) is 4.79 Å². The Bertz CT molecular complexity index is 438. The Balaban J connectivity index is 1.98. The normalized spacial score (nSPS) is 14.7. The summed E-state index contributed by atoms with van der Waals surface area (Å²) in [6, 6.07) is 8.77. The number of ether oxygens (including phenoxy) is 1. The van der Waals surface area contributed by atoms with Crippen LogP contribution in [0.4, 0.5) is 0 Å². The Kier molecular flexibility index (Phi) is 4.59. The lowest BCUT2D eigenvalue weighted by Gasteiger charge is -2.23. The summed E-state index contributed by atoms with van der Waals surface area (Å²) >= 11 is 0. The average Bonchev–Trinajstić information content (AvgIpc) is 3.17. The Morgan fingerprint density at radius 2 is 2.16 bits per heavy atom. The molecule has 1 amide bonds. The molecule has 0 bridgehead atoms. The van der Waals surface area contributed by atoms with Gasteiger partial charge in [-0.2, -0.15) is 0 Å². The van der Waals surface area contributed by atoms with Crippen LogP contribution in [0.2, 0.25) is 0 Å². The number of benzene rings is 1. The molecule has 19 heavy (non-hydrogen) atoms. The van der Waals surface area contributed by atoms with E-state index in [1.807, 2.05) is 24.8 Å². The van der Waals surface area contributed by atoms with Crippen LogP contribution in [0.5, 0.6) is 0 Å². The number of carbonyl (C=O) groups is 1. The van der Waals surface area contributed by atoms with Gasteiger partial charge in [-0.25, -0.2) is 0 Å². The fourth-order valence-electron chi connectivity index (χ4n) is 2.14. The third-order valence-electron chi connectivity index (χ3n) is 3.28. The number of aryl methyl sites for hydroxylation is 1. The van der Waals surface area contributed by atoms with Gasteiger partial charge < -0.3 is 9.64 Å². The molecule has 3 nitrogen and oxygen atoms in total. The van der Waals surface area contributed by atoms with Gasteiger partial charge in [0.15, 0.2) is 0 Å². The first-order chi connectivity index (χ1) is 9.06. The van der Waals surface area contributed by atoms with Gasteiger partial charge in [0.05, 0.1) is 6.10 Å². The van der Waals surface area contributed by atoms with Crippen LogP contribution < -0.4 is 0 Å². The molecule has 1 aromatic carbocycles. The van der Waals surface area contributed by atoms with Crippen LogP contribution in [-0.2, 0) is 16.1 Å². The summed E-state index contributed by atoms with van der Waals surface area (Å²) in [4.78, 5) is 14.2. The first-order valence-corrected chi connectivity index (χ1v) is 7.03. The van der Waals surface area contributed by atoms with Crippen LogP contribution in [0.1, 0.15) is 37.8 Å². The minimum Gasteiger partial charge on any atom is -0.369 e. The van der Waals surface area contributed by atoms with Gasteiger partial charge in [-0.15, -0.1) is 0 Å². The minimum absolute atomic E-state index is 0.101. The standard InChI is InChI=1S/C16H23NO2/c1-12(2)19-11-16(18)17(15-7-8-15)10-14-6-4-5-13(3)9-14/h4-6,9,12,15H,7-8,10-11H2,1-3H3. The Labute approximate surface area is 115 Å². The number of nitrogens with zero attached hydrogens (tertiary/aromatic N) is 1. The molecule has 0 saturated heterocycles. The molecule has 1 fully saturated rings. The van der Waals surface area contributed by atoms with E-state index in [1.54, 1.807) is 0 Å². The van der Waals surface area contributed by atoms with E-state index in [2.05, 4.69) is 25.1 Å². The maximum Gasteiger partial charge on any atom is 0.249 e. The van der Waals surface area contributed by atoms with Crippen molar-refractivity contribution in [3.8, 4) is 0 Å². The number of hydrogen-bond donors (Lipinski definition) is 0. The first kappa shape index (κ1) is 14.1. The monoisotopic (exact) mass is 261 g/mol. The second-order valence-electron chi connectivity index (χ2n) is 5.60. The number of carbonyl (C=O) groups excluding carboxylic acids is 1. The highest BCUT2D eigenvalue weighted by Crippen LogP contribution is 2.28. The maximum absolute atomic E-state index is 12.2. The topological polar surface area (TPSA) is 29.5 Å². The van der Waals surface area contributed by atoms with Gasteiger partial charge in [0, 0.05) is 12.6 Å². The smallest absolute Gasteiger partial charge is 0.249 e. The van der Waals surface area contributed by atoms with Crippen LogP contribution in [0.25, 0.3) is 0 Å². The average molecular weight is 261 g/mol. The van der Waals surface area contributed by atoms with Gasteiger partial charge in [0.1, 0.15) is 6.61 Å². The number of rotatable bonds is 6. The summed E-state index contributed by atoms with van der Waals surface area (Å²) in [6.45, 7) is 6.88. The van der Waals surface area contributed by atoms with Crippen LogP contribution in [0.15, 0.2) is 24.3 Å². The zero-order valence-corrected chi connectivity index (χ0v) is 12.1. The second kappa shape index (κ2) is 6.20. The van der Waals surface area contributed by atoms with Crippen LogP contribution >= 0.6 is 0 Å². The van der Waals surface area contributed by atoms with E-state index in [0.29, 0.717) is 12.6 Å². The molecule has 1 saturated carbocycles. The van der Waals surface area contributed by atoms with Crippen LogP contribution in [0, 0.1) is 6.92 Å². The van der Waals surface area contributed by atoms with Crippen molar-refractivity contribution >= 4 is 5.91 Å². The minimum atomic E-state index is 0.101. The third-order valence-corrected chi connectivity index (χ3v) is 3.28. The van der Waals surface area contributed by atoms with Gasteiger partial charge in [0.25, 0.3) is 0 Å². The molecule has 0 atom stereocenters. The lowest BCUT2D eigenvalue weighted by atomic mass is 10.1. The highest BCUT2D eigenvalue weighted by atomic mass is 16.5. The van der Waals surface area contributed by atoms with Crippen molar-refractivity contribution in [2.75, 3.05) is 6.61 Å². The molecule has 2 rings (SSSR count). The highest BCUT2D eigenvalue weighted by molar-refractivity contribution is 5.78. The van der Waals surface area contributed by atoms with E-state index in [0.717, 1.165) is 12.8 Å². The van der Waals surface area contributed by atoms with Crippen molar-refractivity contribution in [2.45, 2.75) is 52.3 Å². The van der Waals surface area contributed by atoms with Crippen molar-refractivity contribution in [2.24, 2.45) is 0 Å². The van der Waals surface area contributed by atoms with Crippen molar-refractivity contribution < 1.29 is 9.53 Å². The van der Waals surface area contributed by atoms with Gasteiger partial charge >= 0.3 is 0 Å². The predicted octanol–water partition coefficient (Wildman–Crippen LogP) is 2.91. The summed E-state index contributed by atoms with van der Waals surface area (Å²) < 4.78 is 5.43. The fraction of sp³-hybridized carbons (Fsp3) is 0.562. The van der Waals surface area contributed by atoms with Gasteiger partial charge in [-0.05, 0) is 39.2 Å². The zero-order chi connectivity index (χ0) is 13.8. The summed E-state index contributed by atoms with van der Waals surface area (Å²) in [6.07, 6.45) is 2.35. The van der Waals surface area contributed by atoms with Crippen molar-refractivity contribution in [3.05, 3.63) is 35.4 Å². The van der Waals surface area contributed by atoms with E-state index < -0.39 is 0 Å². The van der Waals surface area contributed by atoms with Crippen molar-refractivity contribution in [1.82, 2.24) is 4.90 Å². The summed E-state index contributed by atoms with van der Waals surface area (Å²) in [5, 5.41) is 0. The van der Waals surface area contributed by atoms with E-state index in [-0.39, 0.29) is 18.6 Å². The molecule has 0 spiro atoms. The summed E-state index contributed by atoms with van der Waals surface area (Å²) in [5.74, 6) is 0.109.